The summed E-state index contributed by atoms with van der Waals surface area (Å²) in [7, 11) is 1.58. The Morgan fingerprint density at radius 3 is 2.37 bits per heavy atom. The number of amides is 1. The minimum absolute atomic E-state index is 0.169. The van der Waals surface area contributed by atoms with E-state index in [9.17, 15) is 18.0 Å². The number of aromatic nitrogens is 1. The number of rotatable bonds is 8. The van der Waals surface area contributed by atoms with Crippen molar-refractivity contribution >= 4 is 17.2 Å². The van der Waals surface area contributed by atoms with Gasteiger partial charge in [-0.2, -0.15) is 13.2 Å². The molecule has 0 aliphatic heterocycles. The lowest BCUT2D eigenvalue weighted by molar-refractivity contribution is -0.137. The fourth-order valence-electron chi connectivity index (χ4n) is 3.17. The van der Waals surface area contributed by atoms with Gasteiger partial charge in [0.15, 0.2) is 0 Å². The Morgan fingerprint density at radius 2 is 1.80 bits per heavy atom. The van der Waals surface area contributed by atoms with Crippen molar-refractivity contribution < 1.29 is 18.0 Å². The van der Waals surface area contributed by atoms with Crippen LogP contribution in [0.15, 0.2) is 66.2 Å². The lowest BCUT2D eigenvalue weighted by atomic mass is 10.0. The molecule has 2 N–H and O–H groups in total. The number of hydrogen-bond acceptors (Lipinski definition) is 4. The average Bonchev–Trinajstić information content (AvgIpc) is 3.28. The third-order valence-corrected chi connectivity index (χ3v) is 5.65. The maximum Gasteiger partial charge on any atom is 0.416 e. The Morgan fingerprint density at radius 1 is 1.10 bits per heavy atom. The second-order valence-electron chi connectivity index (χ2n) is 6.78. The molecular weight excluding hydrogens is 411 g/mol. The van der Waals surface area contributed by atoms with Crippen LogP contribution in [0.1, 0.15) is 40.2 Å². The minimum Gasteiger partial charge on any atom is -0.358 e. The maximum atomic E-state index is 12.8. The van der Waals surface area contributed by atoms with Crippen molar-refractivity contribution in [3.8, 4) is 0 Å². The summed E-state index contributed by atoms with van der Waals surface area (Å²) in [6.45, 7) is 0. The van der Waals surface area contributed by atoms with E-state index in [1.165, 1.54) is 23.5 Å². The van der Waals surface area contributed by atoms with E-state index < -0.39 is 17.8 Å². The van der Waals surface area contributed by atoms with E-state index in [-0.39, 0.29) is 11.9 Å². The zero-order valence-corrected chi connectivity index (χ0v) is 17.1. The van der Waals surface area contributed by atoms with Crippen molar-refractivity contribution in [2.45, 2.75) is 31.1 Å². The number of thiazole rings is 1. The van der Waals surface area contributed by atoms with E-state index >= 15 is 0 Å². The molecule has 0 fully saturated rings. The molecule has 0 radical (unpaired) electrons. The highest BCUT2D eigenvalue weighted by molar-refractivity contribution is 7.09. The summed E-state index contributed by atoms with van der Waals surface area (Å²) in [6, 6.07) is 13.8. The van der Waals surface area contributed by atoms with E-state index in [1.54, 1.807) is 13.2 Å². The Hall–Kier alpha value is -2.71. The predicted octanol–water partition coefficient (Wildman–Crippen LogP) is 4.91. The molecule has 4 nitrogen and oxygen atoms in total. The summed E-state index contributed by atoms with van der Waals surface area (Å²) >= 11 is 1.47. The fourth-order valence-corrected chi connectivity index (χ4v) is 3.90. The average molecular weight is 433 g/mol. The van der Waals surface area contributed by atoms with Gasteiger partial charge in [-0.3, -0.25) is 10.1 Å². The van der Waals surface area contributed by atoms with Crippen molar-refractivity contribution in [2.24, 2.45) is 0 Å². The zero-order valence-electron chi connectivity index (χ0n) is 16.3. The molecule has 0 saturated carbocycles. The van der Waals surface area contributed by atoms with Crippen molar-refractivity contribution in [2.75, 3.05) is 7.05 Å². The molecule has 0 aliphatic carbocycles. The molecule has 1 heterocycles. The zero-order chi connectivity index (χ0) is 21.6. The summed E-state index contributed by atoms with van der Waals surface area (Å²) in [5, 5.41) is 8.75. The van der Waals surface area contributed by atoms with E-state index in [4.69, 9.17) is 0 Å². The summed E-state index contributed by atoms with van der Waals surface area (Å²) < 4.78 is 38.3. The van der Waals surface area contributed by atoms with Crippen molar-refractivity contribution in [3.05, 3.63) is 87.9 Å². The number of likely N-dealkylation sites (N-methyl/N-ethyl adjacent to an activating group) is 1. The van der Waals surface area contributed by atoms with Crippen LogP contribution < -0.4 is 10.6 Å². The van der Waals surface area contributed by atoms with Crippen molar-refractivity contribution in [3.63, 3.8) is 0 Å². The number of carbonyl (C=O) groups excluding carboxylic acids is 1. The first-order chi connectivity index (χ1) is 14.4. The van der Waals surface area contributed by atoms with Gasteiger partial charge in [0, 0.05) is 18.6 Å². The molecule has 0 aliphatic rings. The summed E-state index contributed by atoms with van der Waals surface area (Å²) in [5.41, 5.74) is 0.958. The smallest absolute Gasteiger partial charge is 0.358 e. The Bertz CT molecular complexity index is 929. The highest BCUT2D eigenvalue weighted by Gasteiger charge is 2.30. The second kappa shape index (κ2) is 9.86. The molecule has 30 heavy (non-hydrogen) atoms. The van der Waals surface area contributed by atoms with Gasteiger partial charge in [0.1, 0.15) is 11.0 Å². The second-order valence-corrected chi connectivity index (χ2v) is 7.71. The number of nitrogens with one attached hydrogen (secondary N) is 2. The number of hydrogen-bond donors (Lipinski definition) is 2. The van der Waals surface area contributed by atoms with Gasteiger partial charge in [-0.1, -0.05) is 42.5 Å². The molecule has 8 heteroatoms. The largest absolute Gasteiger partial charge is 0.416 e. The number of carbonyl (C=O) groups is 1. The topological polar surface area (TPSA) is 54.0 Å². The Labute approximate surface area is 177 Å². The molecule has 158 valence electrons. The molecule has 0 saturated heterocycles. The van der Waals surface area contributed by atoms with Crippen LogP contribution in [0, 0.1) is 0 Å². The van der Waals surface area contributed by atoms with E-state index in [2.05, 4.69) is 15.6 Å². The first-order valence-electron chi connectivity index (χ1n) is 9.46. The predicted molar refractivity (Wildman–Crippen MR) is 111 cm³/mol. The SMILES string of the molecule is CNC(=O)C(NC(CCc1ccc(C(F)(F)F)cc1)c1nccs1)c1ccccc1. The third kappa shape index (κ3) is 5.67. The molecule has 2 atom stereocenters. The Kier molecular flexibility index (Phi) is 7.23. The molecule has 2 unspecified atom stereocenters. The highest BCUT2D eigenvalue weighted by Crippen LogP contribution is 2.30. The van der Waals surface area contributed by atoms with Crippen LogP contribution >= 0.6 is 11.3 Å². The van der Waals surface area contributed by atoms with Gasteiger partial charge >= 0.3 is 6.18 Å². The molecule has 1 aromatic heterocycles. The van der Waals surface area contributed by atoms with Crippen molar-refractivity contribution in [1.82, 2.24) is 15.6 Å². The van der Waals surface area contributed by atoms with Crippen LogP contribution in [-0.2, 0) is 17.4 Å². The van der Waals surface area contributed by atoms with Gasteiger partial charge < -0.3 is 5.32 Å². The van der Waals surface area contributed by atoms with Crippen LogP contribution in [0.5, 0.6) is 0 Å². The molecule has 1 amide bonds. The summed E-state index contributed by atoms with van der Waals surface area (Å²) in [5.74, 6) is -0.169. The molecule has 0 spiro atoms. The van der Waals surface area contributed by atoms with Gasteiger partial charge in [-0.15, -0.1) is 11.3 Å². The normalized spacial score (nSPS) is 13.6. The number of benzene rings is 2. The lowest BCUT2D eigenvalue weighted by Crippen LogP contribution is -2.38. The monoisotopic (exact) mass is 433 g/mol. The highest BCUT2D eigenvalue weighted by atomic mass is 32.1. The first-order valence-corrected chi connectivity index (χ1v) is 10.3. The van der Waals surface area contributed by atoms with Gasteiger partial charge in [0.2, 0.25) is 5.91 Å². The van der Waals surface area contributed by atoms with E-state index in [0.29, 0.717) is 12.8 Å². The van der Waals surface area contributed by atoms with Gasteiger partial charge in [-0.25, -0.2) is 4.98 Å². The van der Waals surface area contributed by atoms with Crippen molar-refractivity contribution in [1.29, 1.82) is 0 Å². The van der Waals surface area contributed by atoms with Gasteiger partial charge in [0.05, 0.1) is 11.6 Å². The number of aryl methyl sites for hydroxylation is 1. The number of alkyl halides is 3. The van der Waals surface area contributed by atoms with E-state index in [0.717, 1.165) is 28.3 Å². The van der Waals surface area contributed by atoms with Crippen LogP contribution in [0.25, 0.3) is 0 Å². The maximum absolute atomic E-state index is 12.8. The standard InChI is InChI=1S/C22H22F3N3OS/c1-26-20(29)19(16-5-3-2-4-6-16)28-18(21-27-13-14-30-21)12-9-15-7-10-17(11-8-15)22(23,24)25/h2-8,10-11,13-14,18-19,28H,9,12H2,1H3,(H,26,29). The van der Waals surface area contributed by atoms with E-state index in [1.807, 2.05) is 35.7 Å². The summed E-state index contributed by atoms with van der Waals surface area (Å²) in [4.78, 5) is 16.9. The Balaban J connectivity index is 1.77. The molecule has 2 aromatic carbocycles. The minimum atomic E-state index is -4.35. The molecule has 3 aromatic rings. The van der Waals surface area contributed by atoms with Crippen LogP contribution in [0.3, 0.4) is 0 Å². The van der Waals surface area contributed by atoms with Gasteiger partial charge in [0.25, 0.3) is 0 Å². The van der Waals surface area contributed by atoms with Crippen LogP contribution in [-0.4, -0.2) is 17.9 Å². The molecular formula is C22H22F3N3OS. The molecule has 0 bridgehead atoms. The molecule has 3 rings (SSSR count). The number of halogens is 3. The van der Waals surface area contributed by atoms with Crippen LogP contribution in [0.4, 0.5) is 13.2 Å². The summed E-state index contributed by atoms with van der Waals surface area (Å²) in [6.07, 6.45) is -1.52. The first kappa shape index (κ1) is 22.0. The third-order valence-electron chi connectivity index (χ3n) is 4.76. The van der Waals surface area contributed by atoms with Crippen LogP contribution in [0.2, 0.25) is 0 Å². The fraction of sp³-hybridized carbons (Fsp3) is 0.273. The lowest BCUT2D eigenvalue weighted by Gasteiger charge is -2.24. The quantitative estimate of drug-likeness (QED) is 0.531. The van der Waals surface area contributed by atoms with Gasteiger partial charge in [-0.05, 0) is 36.1 Å². The number of nitrogens with zero attached hydrogens (tertiary/aromatic N) is 1.